The molecule has 0 saturated carbocycles. The van der Waals surface area contributed by atoms with Crippen molar-refractivity contribution < 1.29 is 13.9 Å². The average Bonchev–Trinajstić information content (AvgIpc) is 2.55. The molecule has 1 heterocycles. The van der Waals surface area contributed by atoms with Crippen LogP contribution in [0.4, 0.5) is 14.6 Å². The van der Waals surface area contributed by atoms with Crippen LogP contribution in [0.25, 0.3) is 11.0 Å². The molecule has 0 saturated heterocycles. The van der Waals surface area contributed by atoms with Crippen molar-refractivity contribution in [1.29, 1.82) is 0 Å². The minimum atomic E-state index is -0.975. The maximum Gasteiger partial charge on any atom is 0.161 e. The predicted octanol–water partition coefficient (Wildman–Crippen LogP) is 3.56. The van der Waals surface area contributed by atoms with Gasteiger partial charge in [0.15, 0.2) is 11.6 Å². The smallest absolute Gasteiger partial charge is 0.161 e. The first-order chi connectivity index (χ1) is 11.6. The van der Waals surface area contributed by atoms with E-state index >= 15 is 0 Å². The van der Waals surface area contributed by atoms with Gasteiger partial charge in [0.25, 0.3) is 0 Å². The predicted molar refractivity (Wildman–Crippen MR) is 89.0 cm³/mol. The molecule has 3 rings (SSSR count). The molecular formula is C17H14ClF2N3O. The third kappa shape index (κ3) is 3.60. The summed E-state index contributed by atoms with van der Waals surface area (Å²) in [5, 5.41) is 9.91. The van der Waals surface area contributed by atoms with Crippen molar-refractivity contribution >= 4 is 28.5 Å². The summed E-state index contributed by atoms with van der Waals surface area (Å²) >= 11 is 5.99. The monoisotopic (exact) mass is 349 g/mol. The van der Waals surface area contributed by atoms with E-state index in [2.05, 4.69) is 9.97 Å². The molecule has 0 bridgehead atoms. The minimum absolute atomic E-state index is 0.0853. The van der Waals surface area contributed by atoms with E-state index < -0.39 is 11.6 Å². The second-order valence-electron chi connectivity index (χ2n) is 5.26. The maximum atomic E-state index is 13.4. The van der Waals surface area contributed by atoms with Gasteiger partial charge in [-0.05, 0) is 17.7 Å². The van der Waals surface area contributed by atoms with Crippen LogP contribution < -0.4 is 4.90 Å². The molecule has 0 unspecified atom stereocenters. The van der Waals surface area contributed by atoms with Crippen LogP contribution in [-0.4, -0.2) is 28.2 Å². The van der Waals surface area contributed by atoms with Crippen molar-refractivity contribution in [1.82, 2.24) is 9.97 Å². The average molecular weight is 350 g/mol. The molecule has 0 radical (unpaired) electrons. The molecule has 0 aliphatic rings. The number of aromatic nitrogens is 2. The molecule has 24 heavy (non-hydrogen) atoms. The number of fused-ring (bicyclic) bond motifs is 1. The molecule has 0 aliphatic heterocycles. The largest absolute Gasteiger partial charge is 0.395 e. The Balaban J connectivity index is 1.95. The zero-order valence-corrected chi connectivity index (χ0v) is 13.3. The van der Waals surface area contributed by atoms with Crippen LogP contribution in [0.1, 0.15) is 5.56 Å². The van der Waals surface area contributed by atoms with Gasteiger partial charge in [0.1, 0.15) is 5.82 Å². The van der Waals surface area contributed by atoms with Crippen LogP contribution in [0.3, 0.4) is 0 Å². The molecule has 0 amide bonds. The van der Waals surface area contributed by atoms with Gasteiger partial charge in [0.2, 0.25) is 0 Å². The summed E-state index contributed by atoms with van der Waals surface area (Å²) in [5.41, 5.74) is 1.45. The normalized spacial score (nSPS) is 11.0. The summed E-state index contributed by atoms with van der Waals surface area (Å²) in [6.07, 6.45) is 1.47. The summed E-state index contributed by atoms with van der Waals surface area (Å²) in [6, 6.07) is 9.34. The summed E-state index contributed by atoms with van der Waals surface area (Å²) in [4.78, 5) is 10.2. The lowest BCUT2D eigenvalue weighted by Gasteiger charge is -2.23. The molecule has 3 aromatic rings. The van der Waals surface area contributed by atoms with E-state index in [1.807, 2.05) is 18.2 Å². The van der Waals surface area contributed by atoms with E-state index in [-0.39, 0.29) is 17.6 Å². The standard InChI is InChI=1S/C17H14ClF2N3O/c18-12-3-1-2-11(6-12)10-23(4-5-24)17-9-21-15-7-13(19)14(20)8-16(15)22-17/h1-3,6-9,24H,4-5,10H2. The Bertz CT molecular complexity index is 876. The molecule has 0 fully saturated rings. The molecule has 2 aromatic carbocycles. The molecule has 0 spiro atoms. The van der Waals surface area contributed by atoms with Crippen LogP contribution in [0.5, 0.6) is 0 Å². The van der Waals surface area contributed by atoms with Crippen molar-refractivity contribution in [3.63, 3.8) is 0 Å². The summed E-state index contributed by atoms with van der Waals surface area (Å²) in [5.74, 6) is -1.48. The van der Waals surface area contributed by atoms with Crippen molar-refractivity contribution in [3.05, 3.63) is 64.8 Å². The van der Waals surface area contributed by atoms with Crippen LogP contribution >= 0.6 is 11.6 Å². The van der Waals surface area contributed by atoms with Crippen LogP contribution in [0, 0.1) is 11.6 Å². The molecule has 1 N–H and O–H groups in total. The Morgan fingerprint density at radius 3 is 2.54 bits per heavy atom. The Kier molecular flexibility index (Phi) is 4.87. The van der Waals surface area contributed by atoms with Gasteiger partial charge in [-0.15, -0.1) is 0 Å². The summed E-state index contributed by atoms with van der Waals surface area (Å²) < 4.78 is 26.7. The number of aliphatic hydroxyl groups is 1. The maximum absolute atomic E-state index is 13.4. The van der Waals surface area contributed by atoms with E-state index in [0.717, 1.165) is 17.7 Å². The van der Waals surface area contributed by atoms with Gasteiger partial charge < -0.3 is 10.0 Å². The first kappa shape index (κ1) is 16.5. The second kappa shape index (κ2) is 7.07. The molecular weight excluding hydrogens is 336 g/mol. The molecule has 0 aliphatic carbocycles. The first-order valence-corrected chi connectivity index (χ1v) is 7.66. The highest BCUT2D eigenvalue weighted by molar-refractivity contribution is 6.30. The van der Waals surface area contributed by atoms with Crippen molar-refractivity contribution in [2.75, 3.05) is 18.1 Å². The fourth-order valence-corrected chi connectivity index (χ4v) is 2.61. The third-order valence-corrected chi connectivity index (χ3v) is 3.76. The zero-order valence-electron chi connectivity index (χ0n) is 12.6. The van der Waals surface area contributed by atoms with Gasteiger partial charge in [0.05, 0.1) is 23.8 Å². The minimum Gasteiger partial charge on any atom is -0.395 e. The highest BCUT2D eigenvalue weighted by Crippen LogP contribution is 2.21. The molecule has 1 aromatic heterocycles. The topological polar surface area (TPSA) is 49.2 Å². The number of rotatable bonds is 5. The molecule has 0 atom stereocenters. The van der Waals surface area contributed by atoms with Gasteiger partial charge in [-0.3, -0.25) is 4.98 Å². The molecule has 124 valence electrons. The number of anilines is 1. The highest BCUT2D eigenvalue weighted by Gasteiger charge is 2.12. The lowest BCUT2D eigenvalue weighted by molar-refractivity contribution is 0.301. The number of hydrogen-bond donors (Lipinski definition) is 1. The van der Waals surface area contributed by atoms with E-state index in [4.69, 9.17) is 11.6 Å². The SMILES string of the molecule is OCCN(Cc1cccc(Cl)c1)c1cnc2cc(F)c(F)cc2n1. The Hall–Kier alpha value is -2.31. The van der Waals surface area contributed by atoms with E-state index in [0.29, 0.717) is 23.9 Å². The van der Waals surface area contributed by atoms with E-state index in [1.165, 1.54) is 6.20 Å². The van der Waals surface area contributed by atoms with Gasteiger partial charge in [-0.2, -0.15) is 0 Å². The Labute approximate surface area is 142 Å². The second-order valence-corrected chi connectivity index (χ2v) is 5.69. The van der Waals surface area contributed by atoms with Gasteiger partial charge in [0, 0.05) is 30.2 Å². The highest BCUT2D eigenvalue weighted by atomic mass is 35.5. The summed E-state index contributed by atoms with van der Waals surface area (Å²) in [7, 11) is 0. The zero-order chi connectivity index (χ0) is 17.1. The van der Waals surface area contributed by atoms with E-state index in [9.17, 15) is 13.9 Å². The van der Waals surface area contributed by atoms with Crippen LogP contribution in [0.2, 0.25) is 5.02 Å². The van der Waals surface area contributed by atoms with Crippen LogP contribution in [-0.2, 0) is 6.54 Å². The van der Waals surface area contributed by atoms with Crippen molar-refractivity contribution in [2.24, 2.45) is 0 Å². The van der Waals surface area contributed by atoms with Gasteiger partial charge >= 0.3 is 0 Å². The lowest BCUT2D eigenvalue weighted by Crippen LogP contribution is -2.27. The number of benzene rings is 2. The number of nitrogens with zero attached hydrogens (tertiary/aromatic N) is 3. The van der Waals surface area contributed by atoms with Gasteiger partial charge in [-0.25, -0.2) is 13.8 Å². The number of aliphatic hydroxyl groups excluding tert-OH is 1. The fraction of sp³-hybridized carbons (Fsp3) is 0.176. The fourth-order valence-electron chi connectivity index (χ4n) is 2.40. The molecule has 4 nitrogen and oxygen atoms in total. The number of halogens is 3. The summed E-state index contributed by atoms with van der Waals surface area (Å²) in [6.45, 7) is 0.680. The van der Waals surface area contributed by atoms with Crippen LogP contribution in [0.15, 0.2) is 42.6 Å². The third-order valence-electron chi connectivity index (χ3n) is 3.53. The Morgan fingerprint density at radius 2 is 1.83 bits per heavy atom. The lowest BCUT2D eigenvalue weighted by atomic mass is 10.2. The van der Waals surface area contributed by atoms with Crippen molar-refractivity contribution in [3.8, 4) is 0 Å². The van der Waals surface area contributed by atoms with E-state index in [1.54, 1.807) is 11.0 Å². The quantitative estimate of drug-likeness (QED) is 0.765. The Morgan fingerprint density at radius 1 is 1.08 bits per heavy atom. The molecule has 7 heteroatoms. The van der Waals surface area contributed by atoms with Gasteiger partial charge in [-0.1, -0.05) is 23.7 Å². The number of hydrogen-bond acceptors (Lipinski definition) is 4. The first-order valence-electron chi connectivity index (χ1n) is 7.29. The van der Waals surface area contributed by atoms with Crippen molar-refractivity contribution in [2.45, 2.75) is 6.54 Å².